The van der Waals surface area contributed by atoms with Crippen molar-refractivity contribution < 1.29 is 4.79 Å². The van der Waals surface area contributed by atoms with E-state index in [1.165, 1.54) is 11.3 Å². The van der Waals surface area contributed by atoms with E-state index in [1.807, 2.05) is 6.20 Å². The summed E-state index contributed by atoms with van der Waals surface area (Å²) in [5.74, 6) is 0. The summed E-state index contributed by atoms with van der Waals surface area (Å²) in [6, 6.07) is 0. The van der Waals surface area contributed by atoms with Crippen molar-refractivity contribution in [3.05, 3.63) is 21.9 Å². The highest BCUT2D eigenvalue weighted by Gasteiger charge is 2.04. The zero-order valence-electron chi connectivity index (χ0n) is 5.32. The molecule has 5 heteroatoms. The summed E-state index contributed by atoms with van der Waals surface area (Å²) >= 11 is 4.81. The van der Waals surface area contributed by atoms with Gasteiger partial charge in [0.05, 0.1) is 9.98 Å². The van der Waals surface area contributed by atoms with Crippen LogP contribution in [-0.4, -0.2) is 15.7 Å². The summed E-state index contributed by atoms with van der Waals surface area (Å²) in [5, 5.41) is 0. The van der Waals surface area contributed by atoms with E-state index in [2.05, 4.69) is 20.9 Å². The Morgan fingerprint density at radius 1 is 1.73 bits per heavy atom. The van der Waals surface area contributed by atoms with Gasteiger partial charge in [0.1, 0.15) is 5.69 Å². The van der Waals surface area contributed by atoms with Gasteiger partial charge < -0.3 is 0 Å². The zero-order valence-corrected chi connectivity index (χ0v) is 7.72. The lowest BCUT2D eigenvalue weighted by molar-refractivity contribution is 0.111. The summed E-state index contributed by atoms with van der Waals surface area (Å²) in [6.45, 7) is 0. The van der Waals surface area contributed by atoms with Crippen LogP contribution >= 0.6 is 27.3 Å². The normalized spacial score (nSPS) is 10.6. The van der Waals surface area contributed by atoms with E-state index in [0.717, 1.165) is 15.0 Å². The lowest BCUT2D eigenvalue weighted by Crippen LogP contribution is -1.83. The van der Waals surface area contributed by atoms with E-state index in [4.69, 9.17) is 0 Å². The zero-order chi connectivity index (χ0) is 7.84. The molecule has 0 atom stereocenters. The molecule has 0 fully saturated rings. The highest BCUT2D eigenvalue weighted by molar-refractivity contribution is 9.11. The Morgan fingerprint density at radius 2 is 2.55 bits per heavy atom. The Bertz CT molecular complexity index is 406. The number of imidazole rings is 1. The second-order valence-electron chi connectivity index (χ2n) is 1.99. The van der Waals surface area contributed by atoms with E-state index in [1.54, 1.807) is 10.6 Å². The fourth-order valence-electron chi connectivity index (χ4n) is 0.864. The fourth-order valence-corrected chi connectivity index (χ4v) is 2.20. The van der Waals surface area contributed by atoms with Gasteiger partial charge in [-0.2, -0.15) is 0 Å². The van der Waals surface area contributed by atoms with Gasteiger partial charge in [-0.25, -0.2) is 4.98 Å². The number of aromatic nitrogens is 2. The standard InChI is InChI=1S/C6H3BrN2OS/c7-5-2-9-4(3-10)1-8-6(9)11-5/h1-3H. The van der Waals surface area contributed by atoms with Gasteiger partial charge in [0.2, 0.25) is 0 Å². The van der Waals surface area contributed by atoms with Crippen LogP contribution in [0.3, 0.4) is 0 Å². The number of carbonyl (C=O) groups is 1. The van der Waals surface area contributed by atoms with E-state index in [9.17, 15) is 4.79 Å². The number of carbonyl (C=O) groups excluding carboxylic acids is 1. The van der Waals surface area contributed by atoms with Crippen LogP contribution in [0.2, 0.25) is 0 Å². The van der Waals surface area contributed by atoms with Gasteiger partial charge >= 0.3 is 0 Å². The first-order valence-electron chi connectivity index (χ1n) is 2.89. The first kappa shape index (κ1) is 7.00. The molecule has 0 saturated heterocycles. The van der Waals surface area contributed by atoms with Crippen molar-refractivity contribution in [2.24, 2.45) is 0 Å². The predicted octanol–water partition coefficient (Wildman–Crippen LogP) is 1.97. The number of aldehydes is 1. The second kappa shape index (κ2) is 2.42. The molecular weight excluding hydrogens is 228 g/mol. The first-order chi connectivity index (χ1) is 5.31. The van der Waals surface area contributed by atoms with Crippen LogP contribution in [0.25, 0.3) is 4.96 Å². The van der Waals surface area contributed by atoms with Crippen LogP contribution in [0, 0.1) is 0 Å². The van der Waals surface area contributed by atoms with Gasteiger partial charge in [-0.1, -0.05) is 11.3 Å². The van der Waals surface area contributed by atoms with Gasteiger partial charge in [-0.3, -0.25) is 9.20 Å². The predicted molar refractivity (Wildman–Crippen MR) is 46.2 cm³/mol. The number of rotatable bonds is 1. The topological polar surface area (TPSA) is 34.4 Å². The Morgan fingerprint density at radius 3 is 3.27 bits per heavy atom. The highest BCUT2D eigenvalue weighted by atomic mass is 79.9. The quantitative estimate of drug-likeness (QED) is 0.703. The van der Waals surface area contributed by atoms with Gasteiger partial charge in [0, 0.05) is 6.20 Å². The minimum absolute atomic E-state index is 0.585. The Hall–Kier alpha value is -0.680. The number of hydrogen-bond donors (Lipinski definition) is 0. The fraction of sp³-hybridized carbons (Fsp3) is 0. The molecule has 0 N–H and O–H groups in total. The summed E-state index contributed by atoms with van der Waals surface area (Å²) < 4.78 is 2.73. The van der Waals surface area contributed by atoms with Crippen LogP contribution in [0.15, 0.2) is 16.2 Å². The molecule has 0 saturated carbocycles. The number of thiazole rings is 1. The minimum Gasteiger partial charge on any atom is -0.296 e. The molecule has 0 aliphatic carbocycles. The molecule has 0 radical (unpaired) electrons. The van der Waals surface area contributed by atoms with E-state index >= 15 is 0 Å². The third-order valence-corrected chi connectivity index (χ3v) is 2.81. The molecule has 3 nitrogen and oxygen atoms in total. The lowest BCUT2D eigenvalue weighted by Gasteiger charge is -1.81. The molecule has 56 valence electrons. The summed E-state index contributed by atoms with van der Waals surface area (Å²) in [4.78, 5) is 15.3. The third kappa shape index (κ3) is 1.00. The molecule has 0 amide bonds. The Labute approximate surface area is 74.8 Å². The van der Waals surface area contributed by atoms with Crippen LogP contribution in [0.5, 0.6) is 0 Å². The SMILES string of the molecule is O=Cc1cnc2sc(Br)cn12. The Balaban J connectivity index is 2.83. The summed E-state index contributed by atoms with van der Waals surface area (Å²) in [5.41, 5.74) is 0.585. The van der Waals surface area contributed by atoms with E-state index < -0.39 is 0 Å². The van der Waals surface area contributed by atoms with Gasteiger partial charge in [0.15, 0.2) is 11.2 Å². The molecule has 0 unspecified atom stereocenters. The van der Waals surface area contributed by atoms with Gasteiger partial charge in [-0.05, 0) is 15.9 Å². The first-order valence-corrected chi connectivity index (χ1v) is 4.50. The number of hydrogen-bond acceptors (Lipinski definition) is 3. The molecule has 0 aliphatic heterocycles. The molecule has 2 aromatic rings. The van der Waals surface area contributed by atoms with Crippen molar-refractivity contribution in [2.45, 2.75) is 0 Å². The number of fused-ring (bicyclic) bond motifs is 1. The van der Waals surface area contributed by atoms with Crippen LogP contribution in [0.1, 0.15) is 10.5 Å². The van der Waals surface area contributed by atoms with Crippen molar-refractivity contribution in [1.82, 2.24) is 9.38 Å². The number of halogens is 1. The molecular formula is C6H3BrN2OS. The summed E-state index contributed by atoms with van der Waals surface area (Å²) in [6.07, 6.45) is 4.18. The van der Waals surface area contributed by atoms with Crippen LogP contribution in [0.4, 0.5) is 0 Å². The monoisotopic (exact) mass is 230 g/mol. The average molecular weight is 231 g/mol. The third-order valence-electron chi connectivity index (χ3n) is 1.33. The van der Waals surface area contributed by atoms with Crippen molar-refractivity contribution >= 4 is 38.5 Å². The average Bonchev–Trinajstić information content (AvgIpc) is 2.45. The van der Waals surface area contributed by atoms with Crippen molar-refractivity contribution in [3.8, 4) is 0 Å². The lowest BCUT2D eigenvalue weighted by atomic mass is 10.5. The van der Waals surface area contributed by atoms with Crippen molar-refractivity contribution in [1.29, 1.82) is 0 Å². The molecule has 2 heterocycles. The maximum absolute atomic E-state index is 10.4. The molecule has 0 bridgehead atoms. The molecule has 2 rings (SSSR count). The van der Waals surface area contributed by atoms with Crippen LogP contribution in [-0.2, 0) is 0 Å². The maximum atomic E-state index is 10.4. The minimum atomic E-state index is 0.585. The van der Waals surface area contributed by atoms with Gasteiger partial charge in [0.25, 0.3) is 0 Å². The van der Waals surface area contributed by atoms with Crippen LogP contribution < -0.4 is 0 Å². The van der Waals surface area contributed by atoms with Gasteiger partial charge in [-0.15, -0.1) is 0 Å². The molecule has 0 aliphatic rings. The second-order valence-corrected chi connectivity index (χ2v) is 4.38. The Kier molecular flexibility index (Phi) is 1.54. The smallest absolute Gasteiger partial charge is 0.195 e. The molecule has 0 spiro atoms. The summed E-state index contributed by atoms with van der Waals surface area (Å²) in [7, 11) is 0. The molecule has 2 aromatic heterocycles. The van der Waals surface area contributed by atoms with Crippen molar-refractivity contribution in [3.63, 3.8) is 0 Å². The molecule has 0 aromatic carbocycles. The number of nitrogens with zero attached hydrogens (tertiary/aromatic N) is 2. The van der Waals surface area contributed by atoms with Crippen molar-refractivity contribution in [2.75, 3.05) is 0 Å². The van der Waals surface area contributed by atoms with E-state index in [0.29, 0.717) is 5.69 Å². The highest BCUT2D eigenvalue weighted by Crippen LogP contribution is 2.22. The largest absolute Gasteiger partial charge is 0.296 e. The maximum Gasteiger partial charge on any atom is 0.195 e. The molecule has 11 heavy (non-hydrogen) atoms. The van der Waals surface area contributed by atoms with E-state index in [-0.39, 0.29) is 0 Å².